The van der Waals surface area contributed by atoms with E-state index in [9.17, 15) is 26.7 Å². The molecule has 3 rings (SSSR count). The number of aryl methyl sites for hydroxylation is 1. The Hall–Kier alpha value is -2.32. The summed E-state index contributed by atoms with van der Waals surface area (Å²) in [6, 6.07) is 5.80. The molecule has 0 bridgehead atoms. The summed E-state index contributed by atoms with van der Waals surface area (Å²) in [5.74, 6) is -1.41. The summed E-state index contributed by atoms with van der Waals surface area (Å²) in [6.07, 6.45) is 0.962. The Morgan fingerprint density at radius 3 is 2.38 bits per heavy atom. The normalized spacial score (nSPS) is 16.0. The summed E-state index contributed by atoms with van der Waals surface area (Å²) in [6.45, 7) is 1.09. The number of rotatable bonds is 7. The zero-order valence-corrected chi connectivity index (χ0v) is 17.1. The number of ether oxygens (including phenoxy) is 1. The van der Waals surface area contributed by atoms with Gasteiger partial charge in [-0.2, -0.15) is 9.40 Å². The lowest BCUT2D eigenvalue weighted by Crippen LogP contribution is -2.40. The van der Waals surface area contributed by atoms with E-state index in [0.29, 0.717) is 18.8 Å². The van der Waals surface area contributed by atoms with E-state index < -0.39 is 36.6 Å². The van der Waals surface area contributed by atoms with Crippen LogP contribution < -0.4 is 4.72 Å². The van der Waals surface area contributed by atoms with Crippen LogP contribution in [0.25, 0.3) is 0 Å². The van der Waals surface area contributed by atoms with Crippen LogP contribution in [0, 0.1) is 0 Å². The van der Waals surface area contributed by atoms with Crippen molar-refractivity contribution in [2.45, 2.75) is 16.3 Å². The zero-order valence-electron chi connectivity index (χ0n) is 15.5. The number of sulfonamides is 2. The standard InChI is InChI=1S/C16H20N4O7S2/c1-19-15(16(21)22)14(11-17-19)28(23,24)18-10-12-2-4-13(5-3-12)29(25,26)20-6-8-27-9-7-20/h2-5,11,18H,6-10H2,1H3,(H,21,22). The third kappa shape index (κ3) is 4.48. The van der Waals surface area contributed by atoms with Crippen molar-refractivity contribution < 1.29 is 31.5 Å². The highest BCUT2D eigenvalue weighted by atomic mass is 32.2. The fraction of sp³-hybridized carbons (Fsp3) is 0.375. The Morgan fingerprint density at radius 2 is 1.79 bits per heavy atom. The average molecular weight is 444 g/mol. The molecule has 1 aromatic carbocycles. The number of hydrogen-bond donors (Lipinski definition) is 2. The van der Waals surface area contributed by atoms with Gasteiger partial charge in [-0.1, -0.05) is 12.1 Å². The number of carboxylic acid groups (broad SMARTS) is 1. The van der Waals surface area contributed by atoms with Crippen molar-refractivity contribution in [2.75, 3.05) is 26.3 Å². The Labute approximate surface area is 168 Å². The lowest BCUT2D eigenvalue weighted by molar-refractivity contribution is 0.0680. The number of morpholine rings is 1. The Bertz CT molecular complexity index is 1100. The molecule has 29 heavy (non-hydrogen) atoms. The lowest BCUT2D eigenvalue weighted by Gasteiger charge is -2.26. The molecule has 2 heterocycles. The number of hydrogen-bond acceptors (Lipinski definition) is 7. The topological polar surface area (TPSA) is 148 Å². The number of nitrogens with one attached hydrogen (secondary N) is 1. The number of nitrogens with zero attached hydrogens (tertiary/aromatic N) is 3. The molecule has 1 fully saturated rings. The van der Waals surface area contributed by atoms with Gasteiger partial charge >= 0.3 is 5.97 Å². The third-order valence-corrected chi connectivity index (χ3v) is 7.71. The summed E-state index contributed by atoms with van der Waals surface area (Å²) in [5.41, 5.74) is 0.0553. The molecule has 0 radical (unpaired) electrons. The van der Waals surface area contributed by atoms with E-state index in [1.807, 2.05) is 0 Å². The molecule has 11 nitrogen and oxygen atoms in total. The zero-order chi connectivity index (χ0) is 21.2. The first-order chi connectivity index (χ1) is 13.6. The van der Waals surface area contributed by atoms with Crippen molar-refractivity contribution in [1.29, 1.82) is 0 Å². The smallest absolute Gasteiger partial charge is 0.355 e. The highest BCUT2D eigenvalue weighted by molar-refractivity contribution is 7.89. The number of carboxylic acids is 1. The van der Waals surface area contributed by atoms with Crippen molar-refractivity contribution >= 4 is 26.0 Å². The van der Waals surface area contributed by atoms with Gasteiger partial charge in [-0.3, -0.25) is 4.68 Å². The fourth-order valence-corrected chi connectivity index (χ4v) is 5.41. The van der Waals surface area contributed by atoms with Crippen LogP contribution in [0.1, 0.15) is 16.1 Å². The van der Waals surface area contributed by atoms with Crippen LogP contribution in [-0.2, 0) is 38.4 Å². The molecule has 0 atom stereocenters. The van der Waals surface area contributed by atoms with E-state index in [2.05, 4.69) is 9.82 Å². The van der Waals surface area contributed by atoms with E-state index in [1.54, 1.807) is 0 Å². The molecule has 158 valence electrons. The number of carbonyl (C=O) groups is 1. The molecule has 0 saturated carbocycles. The van der Waals surface area contributed by atoms with Gasteiger partial charge < -0.3 is 9.84 Å². The first kappa shape index (κ1) is 21.4. The third-order valence-electron chi connectivity index (χ3n) is 4.39. The Kier molecular flexibility index (Phi) is 6.05. The minimum Gasteiger partial charge on any atom is -0.476 e. The van der Waals surface area contributed by atoms with Gasteiger partial charge in [0.1, 0.15) is 4.90 Å². The van der Waals surface area contributed by atoms with Gasteiger partial charge in [0.15, 0.2) is 5.69 Å². The minimum atomic E-state index is -4.12. The van der Waals surface area contributed by atoms with E-state index in [1.165, 1.54) is 35.6 Å². The first-order valence-electron chi connectivity index (χ1n) is 8.55. The monoisotopic (exact) mass is 444 g/mol. The van der Waals surface area contributed by atoms with Crippen LogP contribution in [-0.4, -0.2) is 68.3 Å². The van der Waals surface area contributed by atoms with Crippen LogP contribution in [0.15, 0.2) is 40.3 Å². The largest absolute Gasteiger partial charge is 0.476 e. The lowest BCUT2D eigenvalue weighted by atomic mass is 10.2. The molecule has 13 heteroatoms. The van der Waals surface area contributed by atoms with E-state index in [-0.39, 0.29) is 24.5 Å². The summed E-state index contributed by atoms with van der Waals surface area (Å²) < 4.78 is 59.8. The highest BCUT2D eigenvalue weighted by Crippen LogP contribution is 2.19. The molecule has 1 aromatic heterocycles. The molecule has 0 aliphatic carbocycles. The summed E-state index contributed by atoms with van der Waals surface area (Å²) in [5, 5.41) is 12.9. The molecule has 2 N–H and O–H groups in total. The second-order valence-corrected chi connectivity index (χ2v) is 9.94. The number of aromatic nitrogens is 2. The number of benzene rings is 1. The minimum absolute atomic E-state index is 0.103. The number of aromatic carboxylic acids is 1. The van der Waals surface area contributed by atoms with Crippen molar-refractivity contribution in [3.05, 3.63) is 41.7 Å². The molecule has 0 unspecified atom stereocenters. The van der Waals surface area contributed by atoms with Crippen LogP contribution >= 0.6 is 0 Å². The summed E-state index contributed by atoms with van der Waals surface area (Å²) in [4.78, 5) is 10.9. The van der Waals surface area contributed by atoms with Gasteiger partial charge in [-0.25, -0.2) is 26.4 Å². The molecule has 1 aliphatic heterocycles. The van der Waals surface area contributed by atoms with Crippen molar-refractivity contribution in [1.82, 2.24) is 18.8 Å². The predicted octanol–water partition coefficient (Wildman–Crippen LogP) is -0.382. The highest BCUT2D eigenvalue weighted by Gasteiger charge is 2.27. The quantitative estimate of drug-likeness (QED) is 0.587. The maximum absolute atomic E-state index is 12.6. The molecule has 0 spiro atoms. The Balaban J connectivity index is 1.73. The molecule has 1 aliphatic rings. The van der Waals surface area contributed by atoms with E-state index in [4.69, 9.17) is 4.74 Å². The molecule has 2 aromatic rings. The Morgan fingerprint density at radius 1 is 1.17 bits per heavy atom. The molecular weight excluding hydrogens is 424 g/mol. The maximum Gasteiger partial charge on any atom is 0.355 e. The fourth-order valence-electron chi connectivity index (χ4n) is 2.83. The van der Waals surface area contributed by atoms with Crippen LogP contribution in [0.2, 0.25) is 0 Å². The van der Waals surface area contributed by atoms with Gasteiger partial charge in [-0.15, -0.1) is 0 Å². The van der Waals surface area contributed by atoms with Gasteiger partial charge in [0.25, 0.3) is 0 Å². The van der Waals surface area contributed by atoms with E-state index in [0.717, 1.165) is 10.9 Å². The van der Waals surface area contributed by atoms with Gasteiger partial charge in [0.2, 0.25) is 20.0 Å². The maximum atomic E-state index is 12.6. The van der Waals surface area contributed by atoms with Gasteiger partial charge in [-0.05, 0) is 17.7 Å². The van der Waals surface area contributed by atoms with Crippen LogP contribution in [0.4, 0.5) is 0 Å². The van der Waals surface area contributed by atoms with E-state index >= 15 is 0 Å². The van der Waals surface area contributed by atoms with Crippen LogP contribution in [0.5, 0.6) is 0 Å². The summed E-state index contributed by atoms with van der Waals surface area (Å²) >= 11 is 0. The average Bonchev–Trinajstić information content (AvgIpc) is 3.10. The molecular formula is C16H20N4O7S2. The predicted molar refractivity (Wildman–Crippen MR) is 100 cm³/mol. The second kappa shape index (κ2) is 8.20. The summed E-state index contributed by atoms with van der Waals surface area (Å²) in [7, 11) is -6.43. The molecule has 0 amide bonds. The second-order valence-electron chi connectivity index (χ2n) is 6.27. The van der Waals surface area contributed by atoms with Crippen molar-refractivity contribution in [3.8, 4) is 0 Å². The van der Waals surface area contributed by atoms with Crippen molar-refractivity contribution in [2.24, 2.45) is 7.05 Å². The first-order valence-corrected chi connectivity index (χ1v) is 11.5. The van der Waals surface area contributed by atoms with Crippen molar-refractivity contribution in [3.63, 3.8) is 0 Å². The van der Waals surface area contributed by atoms with Crippen LogP contribution in [0.3, 0.4) is 0 Å². The molecule has 1 saturated heterocycles. The van der Waals surface area contributed by atoms with Gasteiger partial charge in [0.05, 0.1) is 24.3 Å². The SMILES string of the molecule is Cn1ncc(S(=O)(=O)NCc2ccc(S(=O)(=O)N3CCOCC3)cc2)c1C(=O)O. The van der Waals surface area contributed by atoms with Gasteiger partial charge in [0, 0.05) is 26.7 Å².